The van der Waals surface area contributed by atoms with E-state index in [0.29, 0.717) is 0 Å². The van der Waals surface area contributed by atoms with Crippen LogP contribution >= 0.6 is 22.9 Å². The molecule has 0 atom stereocenters. The van der Waals surface area contributed by atoms with Gasteiger partial charge >= 0.3 is 0 Å². The van der Waals surface area contributed by atoms with Crippen molar-refractivity contribution in [3.8, 4) is 5.69 Å². The van der Waals surface area contributed by atoms with E-state index in [4.69, 9.17) is 0 Å². The summed E-state index contributed by atoms with van der Waals surface area (Å²) in [5.74, 6) is 0. The lowest BCUT2D eigenvalue weighted by Gasteiger charge is -2.04. The molecule has 150 valence electrons. The minimum absolute atomic E-state index is 1.18. The predicted octanol–water partition coefficient (Wildman–Crippen LogP) is 7.93. The second kappa shape index (κ2) is 5.84. The van der Waals surface area contributed by atoms with Gasteiger partial charge in [-0.3, -0.25) is 2.78 Å². The Morgan fingerprint density at radius 2 is 1.25 bits per heavy atom. The lowest BCUT2D eigenvalue weighted by atomic mass is 10.0. The fourth-order valence-electron chi connectivity index (χ4n) is 5.68. The Morgan fingerprint density at radius 1 is 0.500 bits per heavy atom. The van der Waals surface area contributed by atoms with Crippen LogP contribution in [-0.4, -0.2) is 11.7 Å². The van der Waals surface area contributed by atoms with Crippen molar-refractivity contribution in [3.63, 3.8) is 0 Å². The maximum atomic E-state index is 2.48. The summed E-state index contributed by atoms with van der Waals surface area (Å²) in [5.41, 5.74) is 8.77. The summed E-state index contributed by atoms with van der Waals surface area (Å²) in [6.07, 6.45) is 2.20. The number of halogens is 1. The molecule has 4 aromatic heterocycles. The van der Waals surface area contributed by atoms with Crippen LogP contribution in [0.25, 0.3) is 65.7 Å². The average molecular weight is 521 g/mol. The van der Waals surface area contributed by atoms with Crippen LogP contribution in [0.4, 0.5) is 0 Å². The van der Waals surface area contributed by atoms with Gasteiger partial charge in [-0.1, -0.05) is 48.5 Å². The molecule has 4 heterocycles. The zero-order chi connectivity index (χ0) is 21.0. The van der Waals surface area contributed by atoms with E-state index in [-0.39, 0.29) is 0 Å². The van der Waals surface area contributed by atoms with E-state index in [1.54, 1.807) is 0 Å². The Morgan fingerprint density at radius 3 is 2.16 bits per heavy atom. The summed E-state index contributed by atoms with van der Waals surface area (Å²) in [6, 6.07) is 33.0. The standard InChI is InChI=1S/C28H16IN3/c29-32-22-12-6-10-19-18-9-4-5-11-21(18)31-24-15-16-30(17-7-2-1-3-8-17)27(24)20-13-14-23(32)26(25(19)22)28(20)31/h1-16H. The molecule has 0 radical (unpaired) electrons. The second-order valence-corrected chi connectivity index (χ2v) is 9.41. The van der Waals surface area contributed by atoms with Crippen molar-refractivity contribution in [2.75, 3.05) is 0 Å². The lowest BCUT2D eigenvalue weighted by molar-refractivity contribution is 1.13. The van der Waals surface area contributed by atoms with Crippen LogP contribution in [0.3, 0.4) is 0 Å². The number of hydrogen-bond acceptors (Lipinski definition) is 0. The molecule has 0 unspecified atom stereocenters. The summed E-state index contributed by atoms with van der Waals surface area (Å²) in [4.78, 5) is 0. The molecule has 0 N–H and O–H groups in total. The molecule has 4 heteroatoms. The Hall–Kier alpha value is -3.51. The number of hydrogen-bond donors (Lipinski definition) is 0. The predicted molar refractivity (Wildman–Crippen MR) is 143 cm³/mol. The van der Waals surface area contributed by atoms with Crippen molar-refractivity contribution < 1.29 is 0 Å². The van der Waals surface area contributed by atoms with Gasteiger partial charge in [0.1, 0.15) is 0 Å². The molecule has 0 amide bonds. The zero-order valence-corrected chi connectivity index (χ0v) is 19.1. The van der Waals surface area contributed by atoms with Crippen LogP contribution in [0.2, 0.25) is 0 Å². The van der Waals surface area contributed by atoms with Crippen LogP contribution in [0.15, 0.2) is 97.2 Å². The Kier molecular flexibility index (Phi) is 3.12. The van der Waals surface area contributed by atoms with Crippen molar-refractivity contribution in [2.45, 2.75) is 0 Å². The van der Waals surface area contributed by atoms with E-state index in [2.05, 4.69) is 132 Å². The normalized spacial score (nSPS) is 12.5. The maximum Gasteiger partial charge on any atom is 0.0792 e. The molecule has 0 spiro atoms. The molecule has 0 bridgehead atoms. The van der Waals surface area contributed by atoms with Crippen molar-refractivity contribution >= 4 is 82.9 Å². The molecule has 0 aliphatic carbocycles. The van der Waals surface area contributed by atoms with E-state index in [0.717, 1.165) is 0 Å². The van der Waals surface area contributed by atoms with Crippen molar-refractivity contribution in [1.82, 2.24) is 11.7 Å². The molecule has 0 aliphatic rings. The fourth-order valence-corrected chi connectivity index (χ4v) is 6.48. The average Bonchev–Trinajstić information content (AvgIpc) is 3.47. The molecule has 0 fully saturated rings. The Bertz CT molecular complexity index is 1990. The quantitative estimate of drug-likeness (QED) is 0.195. The van der Waals surface area contributed by atoms with E-state index < -0.39 is 0 Å². The SMILES string of the molecule is In1c2cccc3c4ccccc4n4c5ccn(-c6ccccc6)c5c5ccc1c(c32)c54. The monoisotopic (exact) mass is 521 g/mol. The third-order valence-electron chi connectivity index (χ3n) is 6.93. The largest absolute Gasteiger partial charge is 0.315 e. The van der Waals surface area contributed by atoms with Crippen LogP contribution in [0, 0.1) is 0 Å². The highest BCUT2D eigenvalue weighted by atomic mass is 127. The van der Waals surface area contributed by atoms with Crippen molar-refractivity contribution in [2.24, 2.45) is 0 Å². The molecule has 8 aromatic rings. The molecule has 4 aromatic carbocycles. The number of nitrogens with zero attached hydrogens (tertiary/aromatic N) is 3. The van der Waals surface area contributed by atoms with Crippen molar-refractivity contribution in [3.05, 3.63) is 97.2 Å². The highest BCUT2D eigenvalue weighted by Gasteiger charge is 2.23. The van der Waals surface area contributed by atoms with Gasteiger partial charge in [-0.2, -0.15) is 0 Å². The molecule has 3 nitrogen and oxygen atoms in total. The summed E-state index contributed by atoms with van der Waals surface area (Å²) in [5, 5.41) is 6.57. The van der Waals surface area contributed by atoms with Gasteiger partial charge in [-0.15, -0.1) is 0 Å². The van der Waals surface area contributed by atoms with Gasteiger partial charge in [0.2, 0.25) is 0 Å². The number of rotatable bonds is 1. The van der Waals surface area contributed by atoms with Crippen LogP contribution in [0.5, 0.6) is 0 Å². The summed E-state index contributed by atoms with van der Waals surface area (Å²) < 4.78 is 7.12. The van der Waals surface area contributed by atoms with Crippen LogP contribution in [-0.2, 0) is 0 Å². The van der Waals surface area contributed by atoms with Gasteiger partial charge < -0.3 is 8.97 Å². The molecular weight excluding hydrogens is 505 g/mol. The zero-order valence-electron chi connectivity index (χ0n) is 17.0. The topological polar surface area (TPSA) is 14.3 Å². The van der Waals surface area contributed by atoms with E-state index in [1.165, 1.54) is 65.7 Å². The van der Waals surface area contributed by atoms with Gasteiger partial charge in [0.15, 0.2) is 0 Å². The highest BCUT2D eigenvalue weighted by Crippen LogP contribution is 2.45. The van der Waals surface area contributed by atoms with Crippen molar-refractivity contribution in [1.29, 1.82) is 0 Å². The number of fused-ring (bicyclic) bond motifs is 6. The second-order valence-electron chi connectivity index (χ2n) is 8.44. The lowest BCUT2D eigenvalue weighted by Crippen LogP contribution is -1.90. The first-order valence-electron chi connectivity index (χ1n) is 10.8. The van der Waals surface area contributed by atoms with Gasteiger partial charge in [0.25, 0.3) is 0 Å². The minimum Gasteiger partial charge on any atom is -0.315 e. The summed E-state index contributed by atoms with van der Waals surface area (Å²) >= 11 is 2.45. The van der Waals surface area contributed by atoms with E-state index >= 15 is 0 Å². The summed E-state index contributed by atoms with van der Waals surface area (Å²) in [7, 11) is 0. The fraction of sp³-hybridized carbons (Fsp3) is 0. The smallest absolute Gasteiger partial charge is 0.0792 e. The summed E-state index contributed by atoms with van der Waals surface area (Å²) in [6.45, 7) is 0. The van der Waals surface area contributed by atoms with E-state index in [1.807, 2.05) is 0 Å². The first-order valence-corrected chi connectivity index (χ1v) is 11.7. The molecule has 32 heavy (non-hydrogen) atoms. The number of para-hydroxylation sites is 2. The van der Waals surface area contributed by atoms with Gasteiger partial charge in [0, 0.05) is 33.4 Å². The Labute approximate surface area is 196 Å². The minimum atomic E-state index is 1.18. The van der Waals surface area contributed by atoms with Gasteiger partial charge in [-0.05, 0) is 47.9 Å². The number of aromatic nitrogens is 3. The molecule has 0 saturated carbocycles. The molecule has 0 aliphatic heterocycles. The van der Waals surface area contributed by atoms with Crippen LogP contribution < -0.4 is 0 Å². The van der Waals surface area contributed by atoms with Gasteiger partial charge in [0.05, 0.1) is 56.0 Å². The maximum absolute atomic E-state index is 2.48. The van der Waals surface area contributed by atoms with Crippen LogP contribution in [0.1, 0.15) is 0 Å². The molecular formula is C28H16IN3. The highest BCUT2D eigenvalue weighted by molar-refractivity contribution is 14.1. The van der Waals surface area contributed by atoms with E-state index in [9.17, 15) is 0 Å². The first-order chi connectivity index (χ1) is 15.8. The third-order valence-corrected chi connectivity index (χ3v) is 7.97. The van der Waals surface area contributed by atoms with Gasteiger partial charge in [-0.25, -0.2) is 0 Å². The number of benzene rings is 4. The molecule has 0 saturated heterocycles. The molecule has 8 rings (SSSR count). The first kappa shape index (κ1) is 17.1. The third kappa shape index (κ3) is 1.89. The Balaban J connectivity index is 1.78.